The van der Waals surface area contributed by atoms with E-state index in [0.717, 1.165) is 23.3 Å². The van der Waals surface area contributed by atoms with Crippen LogP contribution < -0.4 is 5.73 Å². The summed E-state index contributed by atoms with van der Waals surface area (Å²) in [5.74, 6) is 0.567. The molecular formula is C12H19NOS. The average Bonchev–Trinajstić information content (AvgIpc) is 2.18. The Balaban J connectivity index is 2.61. The van der Waals surface area contributed by atoms with Gasteiger partial charge in [-0.25, -0.2) is 0 Å². The van der Waals surface area contributed by atoms with E-state index in [9.17, 15) is 4.21 Å². The second kappa shape index (κ2) is 6.03. The summed E-state index contributed by atoms with van der Waals surface area (Å²) < 4.78 is 11.9. The first kappa shape index (κ1) is 12.4. The number of benzene rings is 1. The highest BCUT2D eigenvalue weighted by Crippen LogP contribution is 2.10. The molecule has 2 atom stereocenters. The Morgan fingerprint density at radius 3 is 2.80 bits per heavy atom. The van der Waals surface area contributed by atoms with Gasteiger partial charge < -0.3 is 5.73 Å². The van der Waals surface area contributed by atoms with Crippen LogP contribution in [0.3, 0.4) is 0 Å². The molecule has 84 valence electrons. The van der Waals surface area contributed by atoms with E-state index in [1.54, 1.807) is 0 Å². The standard InChI is InChI=1S/C12H19NOS/c1-3-5-11(13)9-15(14)12-7-4-6-10(2)8-12/h4,6-8,11H,3,5,9,13H2,1-2H3. The number of rotatable bonds is 5. The van der Waals surface area contributed by atoms with Crippen molar-refractivity contribution >= 4 is 10.8 Å². The van der Waals surface area contributed by atoms with Crippen molar-refractivity contribution < 1.29 is 4.21 Å². The Morgan fingerprint density at radius 2 is 2.20 bits per heavy atom. The van der Waals surface area contributed by atoms with Crippen LogP contribution in [0.2, 0.25) is 0 Å². The molecule has 0 aliphatic carbocycles. The normalized spacial score (nSPS) is 14.9. The smallest absolute Gasteiger partial charge is 0.0545 e. The maximum Gasteiger partial charge on any atom is 0.0545 e. The topological polar surface area (TPSA) is 43.1 Å². The van der Waals surface area contributed by atoms with E-state index in [2.05, 4.69) is 6.92 Å². The van der Waals surface area contributed by atoms with Crippen LogP contribution in [0.1, 0.15) is 25.3 Å². The maximum absolute atomic E-state index is 11.9. The molecule has 0 aromatic heterocycles. The Morgan fingerprint density at radius 1 is 1.47 bits per heavy atom. The molecule has 1 aromatic carbocycles. The Labute approximate surface area is 94.3 Å². The van der Waals surface area contributed by atoms with Crippen LogP contribution in [0.25, 0.3) is 0 Å². The van der Waals surface area contributed by atoms with Crippen LogP contribution >= 0.6 is 0 Å². The van der Waals surface area contributed by atoms with Gasteiger partial charge in [-0.15, -0.1) is 0 Å². The number of nitrogens with two attached hydrogens (primary N) is 1. The molecule has 0 radical (unpaired) electrons. The van der Waals surface area contributed by atoms with E-state index in [1.807, 2.05) is 31.2 Å². The van der Waals surface area contributed by atoms with Gasteiger partial charge in [0, 0.05) is 16.7 Å². The minimum absolute atomic E-state index is 0.0522. The predicted molar refractivity (Wildman–Crippen MR) is 65.3 cm³/mol. The molecule has 0 bridgehead atoms. The summed E-state index contributed by atoms with van der Waals surface area (Å²) in [7, 11) is -0.950. The second-order valence-electron chi connectivity index (χ2n) is 3.88. The van der Waals surface area contributed by atoms with Crippen molar-refractivity contribution in [3.8, 4) is 0 Å². The van der Waals surface area contributed by atoms with E-state index >= 15 is 0 Å². The van der Waals surface area contributed by atoms with Crippen molar-refractivity contribution in [1.82, 2.24) is 0 Å². The summed E-state index contributed by atoms with van der Waals surface area (Å²) in [5.41, 5.74) is 7.01. The van der Waals surface area contributed by atoms with Crippen LogP contribution in [0.5, 0.6) is 0 Å². The molecule has 1 aromatic rings. The van der Waals surface area contributed by atoms with Gasteiger partial charge in [-0.2, -0.15) is 0 Å². The fraction of sp³-hybridized carbons (Fsp3) is 0.500. The van der Waals surface area contributed by atoms with E-state index < -0.39 is 10.8 Å². The first-order chi connectivity index (χ1) is 7.13. The maximum atomic E-state index is 11.9. The quantitative estimate of drug-likeness (QED) is 0.835. The van der Waals surface area contributed by atoms with Crippen LogP contribution in [-0.2, 0) is 10.8 Å². The SMILES string of the molecule is CCCC(N)CS(=O)c1cccc(C)c1. The minimum Gasteiger partial charge on any atom is -0.327 e. The van der Waals surface area contributed by atoms with Crippen LogP contribution in [0.15, 0.2) is 29.2 Å². The molecule has 15 heavy (non-hydrogen) atoms. The van der Waals surface area contributed by atoms with Gasteiger partial charge in [0.1, 0.15) is 0 Å². The first-order valence-corrected chi connectivity index (χ1v) is 6.66. The summed E-state index contributed by atoms with van der Waals surface area (Å²) in [5, 5.41) is 0. The second-order valence-corrected chi connectivity index (χ2v) is 5.37. The Hall–Kier alpha value is -0.670. The van der Waals surface area contributed by atoms with Crippen LogP contribution in [0, 0.1) is 6.92 Å². The van der Waals surface area contributed by atoms with Crippen molar-refractivity contribution in [2.45, 2.75) is 37.6 Å². The molecule has 0 aliphatic rings. The Kier molecular flexibility index (Phi) is 4.99. The molecule has 0 aliphatic heterocycles. The summed E-state index contributed by atoms with van der Waals surface area (Å²) >= 11 is 0. The van der Waals surface area contributed by atoms with E-state index in [-0.39, 0.29) is 6.04 Å². The lowest BCUT2D eigenvalue weighted by Gasteiger charge is -2.09. The molecule has 0 amide bonds. The summed E-state index contributed by atoms with van der Waals surface area (Å²) in [6.07, 6.45) is 1.99. The van der Waals surface area contributed by atoms with Crippen molar-refractivity contribution in [3.63, 3.8) is 0 Å². The fourth-order valence-corrected chi connectivity index (χ4v) is 2.80. The van der Waals surface area contributed by atoms with Gasteiger partial charge in [-0.1, -0.05) is 25.5 Å². The van der Waals surface area contributed by atoms with Gasteiger partial charge >= 0.3 is 0 Å². The third kappa shape index (κ3) is 4.14. The number of hydrogen-bond acceptors (Lipinski definition) is 2. The van der Waals surface area contributed by atoms with Crippen molar-refractivity contribution in [3.05, 3.63) is 29.8 Å². The largest absolute Gasteiger partial charge is 0.327 e. The lowest BCUT2D eigenvalue weighted by molar-refractivity contribution is 0.638. The van der Waals surface area contributed by atoms with E-state index in [0.29, 0.717) is 5.75 Å². The predicted octanol–water partition coefficient (Wildman–Crippen LogP) is 2.23. The first-order valence-electron chi connectivity index (χ1n) is 5.34. The molecule has 0 spiro atoms. The average molecular weight is 225 g/mol. The zero-order valence-electron chi connectivity index (χ0n) is 9.40. The number of aryl methyl sites for hydroxylation is 1. The van der Waals surface area contributed by atoms with Gasteiger partial charge in [0.05, 0.1) is 10.8 Å². The van der Waals surface area contributed by atoms with Crippen LogP contribution in [-0.4, -0.2) is 16.0 Å². The molecule has 2 N–H and O–H groups in total. The summed E-state index contributed by atoms with van der Waals surface area (Å²) in [6, 6.07) is 7.87. The zero-order chi connectivity index (χ0) is 11.3. The minimum atomic E-state index is -0.950. The van der Waals surface area contributed by atoms with Gasteiger partial charge in [-0.05, 0) is 31.0 Å². The van der Waals surface area contributed by atoms with E-state index in [4.69, 9.17) is 5.73 Å². The molecular weight excluding hydrogens is 206 g/mol. The summed E-state index contributed by atoms with van der Waals surface area (Å²) in [6.45, 7) is 4.10. The molecule has 0 saturated heterocycles. The lowest BCUT2D eigenvalue weighted by Crippen LogP contribution is -2.26. The summed E-state index contributed by atoms with van der Waals surface area (Å²) in [4.78, 5) is 0.890. The molecule has 1 rings (SSSR count). The molecule has 0 heterocycles. The van der Waals surface area contributed by atoms with Crippen LogP contribution in [0.4, 0.5) is 0 Å². The monoisotopic (exact) mass is 225 g/mol. The molecule has 0 saturated carbocycles. The van der Waals surface area contributed by atoms with E-state index in [1.165, 1.54) is 0 Å². The van der Waals surface area contributed by atoms with Crippen molar-refractivity contribution in [1.29, 1.82) is 0 Å². The molecule has 3 heteroatoms. The zero-order valence-corrected chi connectivity index (χ0v) is 10.2. The Bertz CT molecular complexity index is 338. The highest BCUT2D eigenvalue weighted by atomic mass is 32.2. The third-order valence-electron chi connectivity index (χ3n) is 2.28. The van der Waals surface area contributed by atoms with Gasteiger partial charge in [0.2, 0.25) is 0 Å². The van der Waals surface area contributed by atoms with Gasteiger partial charge in [-0.3, -0.25) is 4.21 Å². The van der Waals surface area contributed by atoms with Gasteiger partial charge in [0.15, 0.2) is 0 Å². The lowest BCUT2D eigenvalue weighted by atomic mass is 10.2. The molecule has 2 unspecified atom stereocenters. The van der Waals surface area contributed by atoms with Gasteiger partial charge in [0.25, 0.3) is 0 Å². The number of hydrogen-bond donors (Lipinski definition) is 1. The molecule has 0 fully saturated rings. The fourth-order valence-electron chi connectivity index (χ4n) is 1.50. The molecule has 2 nitrogen and oxygen atoms in total. The van der Waals surface area contributed by atoms with Crippen molar-refractivity contribution in [2.75, 3.05) is 5.75 Å². The third-order valence-corrected chi connectivity index (χ3v) is 3.79. The van der Waals surface area contributed by atoms with Crippen molar-refractivity contribution in [2.24, 2.45) is 5.73 Å². The highest BCUT2D eigenvalue weighted by molar-refractivity contribution is 7.85. The highest BCUT2D eigenvalue weighted by Gasteiger charge is 2.09.